The first kappa shape index (κ1) is 19.4. The number of nitrogens with one attached hydrogen (secondary N) is 1. The van der Waals surface area contributed by atoms with Gasteiger partial charge in [0.25, 0.3) is 5.91 Å². The lowest BCUT2D eigenvalue weighted by Crippen LogP contribution is -2.14. The van der Waals surface area contributed by atoms with E-state index in [2.05, 4.69) is 10.4 Å². The van der Waals surface area contributed by atoms with Crippen LogP contribution >= 0.6 is 0 Å². The highest BCUT2D eigenvalue weighted by Gasteiger charge is 2.19. The Labute approximate surface area is 164 Å². The van der Waals surface area contributed by atoms with Crippen LogP contribution < -0.4 is 5.32 Å². The molecule has 0 saturated carbocycles. The number of aromatic nitrogens is 2. The maximum Gasteiger partial charge on any atom is 0.338 e. The zero-order chi connectivity index (χ0) is 20.1. The van der Waals surface area contributed by atoms with Gasteiger partial charge >= 0.3 is 5.97 Å². The molecule has 28 heavy (non-hydrogen) atoms. The van der Waals surface area contributed by atoms with Gasteiger partial charge in [0.05, 0.1) is 34.8 Å². The minimum absolute atomic E-state index is 0.238. The molecule has 0 atom stereocenters. The van der Waals surface area contributed by atoms with Gasteiger partial charge in [-0.05, 0) is 56.7 Å². The van der Waals surface area contributed by atoms with Gasteiger partial charge in [0.15, 0.2) is 0 Å². The number of carbonyl (C=O) groups is 2. The number of carbonyl (C=O) groups excluding carboxylic acids is 2. The van der Waals surface area contributed by atoms with Gasteiger partial charge in [0, 0.05) is 5.69 Å². The molecule has 0 aliphatic rings. The summed E-state index contributed by atoms with van der Waals surface area (Å²) in [5, 5.41) is 7.37. The van der Waals surface area contributed by atoms with Crippen LogP contribution in [0.3, 0.4) is 0 Å². The Morgan fingerprint density at radius 3 is 2.36 bits per heavy atom. The van der Waals surface area contributed by atoms with Crippen molar-refractivity contribution >= 4 is 17.6 Å². The lowest BCUT2D eigenvalue weighted by Gasteiger charge is -2.08. The molecular formula is C22H23N3O3. The summed E-state index contributed by atoms with van der Waals surface area (Å²) in [5.74, 6) is -0.603. The van der Waals surface area contributed by atoms with Crippen molar-refractivity contribution in [2.75, 3.05) is 11.9 Å². The number of aryl methyl sites for hydroxylation is 1. The molecule has 3 rings (SSSR count). The predicted molar refractivity (Wildman–Crippen MR) is 108 cm³/mol. The van der Waals surface area contributed by atoms with Crippen molar-refractivity contribution in [3.05, 3.63) is 77.1 Å². The standard InChI is InChI=1S/C22H23N3O3/c1-4-14-28-22(27)17-10-12-18(13-11-17)23-21(26)20-15(2)24-25(16(20)3)19-8-6-5-7-9-19/h5-13H,4,14H2,1-3H3,(H,23,26). The van der Waals surface area contributed by atoms with Gasteiger partial charge in [0.2, 0.25) is 0 Å². The highest BCUT2D eigenvalue weighted by molar-refractivity contribution is 6.06. The Bertz CT molecular complexity index is 976. The number of anilines is 1. The number of rotatable bonds is 6. The fourth-order valence-electron chi connectivity index (χ4n) is 2.95. The number of ether oxygens (including phenoxy) is 1. The Morgan fingerprint density at radius 2 is 1.71 bits per heavy atom. The molecule has 0 radical (unpaired) electrons. The summed E-state index contributed by atoms with van der Waals surface area (Å²) >= 11 is 0. The molecule has 1 N–H and O–H groups in total. The zero-order valence-electron chi connectivity index (χ0n) is 16.2. The molecule has 0 aliphatic heterocycles. The highest BCUT2D eigenvalue weighted by Crippen LogP contribution is 2.20. The predicted octanol–water partition coefficient (Wildman–Crippen LogP) is 4.31. The van der Waals surface area contributed by atoms with Crippen molar-refractivity contribution in [2.45, 2.75) is 27.2 Å². The molecule has 144 valence electrons. The summed E-state index contributed by atoms with van der Waals surface area (Å²) in [7, 11) is 0. The van der Waals surface area contributed by atoms with E-state index in [-0.39, 0.29) is 11.9 Å². The normalized spacial score (nSPS) is 10.5. The van der Waals surface area contributed by atoms with Crippen LogP contribution in [0.1, 0.15) is 45.4 Å². The second-order valence-electron chi connectivity index (χ2n) is 6.46. The molecule has 0 spiro atoms. The third kappa shape index (κ3) is 4.11. The van der Waals surface area contributed by atoms with Gasteiger partial charge in [-0.2, -0.15) is 5.10 Å². The van der Waals surface area contributed by atoms with Crippen LogP contribution in [0.25, 0.3) is 5.69 Å². The Morgan fingerprint density at radius 1 is 1.04 bits per heavy atom. The van der Waals surface area contributed by atoms with Gasteiger partial charge in [-0.15, -0.1) is 0 Å². The van der Waals surface area contributed by atoms with E-state index in [0.717, 1.165) is 17.8 Å². The molecule has 6 nitrogen and oxygen atoms in total. The number of amides is 1. The van der Waals surface area contributed by atoms with Crippen molar-refractivity contribution < 1.29 is 14.3 Å². The van der Waals surface area contributed by atoms with E-state index in [0.29, 0.717) is 29.1 Å². The maximum atomic E-state index is 12.8. The molecule has 3 aromatic rings. The molecule has 1 amide bonds. The molecule has 0 unspecified atom stereocenters. The monoisotopic (exact) mass is 377 g/mol. The van der Waals surface area contributed by atoms with Crippen molar-refractivity contribution in [2.24, 2.45) is 0 Å². The number of hydrogen-bond donors (Lipinski definition) is 1. The maximum absolute atomic E-state index is 12.8. The van der Waals surface area contributed by atoms with Crippen LogP contribution in [0.15, 0.2) is 54.6 Å². The smallest absolute Gasteiger partial charge is 0.338 e. The minimum atomic E-state index is -0.365. The number of benzene rings is 2. The van der Waals surface area contributed by atoms with E-state index in [9.17, 15) is 9.59 Å². The van der Waals surface area contributed by atoms with E-state index >= 15 is 0 Å². The Hall–Kier alpha value is -3.41. The van der Waals surface area contributed by atoms with Crippen molar-refractivity contribution in [3.8, 4) is 5.69 Å². The molecule has 2 aromatic carbocycles. The minimum Gasteiger partial charge on any atom is -0.462 e. The quantitative estimate of drug-likeness (QED) is 0.650. The van der Waals surface area contributed by atoms with Crippen molar-refractivity contribution in [1.82, 2.24) is 9.78 Å². The fraction of sp³-hybridized carbons (Fsp3) is 0.227. The molecule has 1 heterocycles. The zero-order valence-corrected chi connectivity index (χ0v) is 16.2. The van der Waals surface area contributed by atoms with E-state index in [1.165, 1.54) is 0 Å². The van der Waals surface area contributed by atoms with E-state index in [1.807, 2.05) is 51.1 Å². The Balaban J connectivity index is 1.77. The van der Waals surface area contributed by atoms with Gasteiger partial charge in [-0.25, -0.2) is 9.48 Å². The number of hydrogen-bond acceptors (Lipinski definition) is 4. The first-order valence-corrected chi connectivity index (χ1v) is 9.21. The van der Waals surface area contributed by atoms with E-state index < -0.39 is 0 Å². The van der Waals surface area contributed by atoms with Crippen LogP contribution in [-0.2, 0) is 4.74 Å². The second kappa shape index (κ2) is 8.52. The van der Waals surface area contributed by atoms with Crippen LogP contribution in [-0.4, -0.2) is 28.3 Å². The third-order valence-electron chi connectivity index (χ3n) is 4.33. The number of esters is 1. The molecule has 1 aromatic heterocycles. The molecule has 6 heteroatoms. The van der Waals surface area contributed by atoms with Crippen LogP contribution in [0, 0.1) is 13.8 Å². The number of para-hydroxylation sites is 1. The van der Waals surface area contributed by atoms with Gasteiger partial charge in [-0.1, -0.05) is 25.1 Å². The summed E-state index contributed by atoms with van der Waals surface area (Å²) < 4.78 is 6.87. The van der Waals surface area contributed by atoms with Crippen LogP contribution in [0.2, 0.25) is 0 Å². The van der Waals surface area contributed by atoms with Gasteiger partial charge < -0.3 is 10.1 Å². The lowest BCUT2D eigenvalue weighted by atomic mass is 10.1. The largest absolute Gasteiger partial charge is 0.462 e. The van der Waals surface area contributed by atoms with Gasteiger partial charge in [-0.3, -0.25) is 4.79 Å². The molecule has 0 bridgehead atoms. The summed E-state index contributed by atoms with van der Waals surface area (Å²) in [6, 6.07) is 16.3. The SMILES string of the molecule is CCCOC(=O)c1ccc(NC(=O)c2c(C)nn(-c3ccccc3)c2C)cc1. The molecular weight excluding hydrogens is 354 g/mol. The van der Waals surface area contributed by atoms with Crippen LogP contribution in [0.5, 0.6) is 0 Å². The van der Waals surface area contributed by atoms with E-state index in [1.54, 1.807) is 28.9 Å². The summed E-state index contributed by atoms with van der Waals surface area (Å²) in [6.07, 6.45) is 0.773. The average molecular weight is 377 g/mol. The first-order valence-electron chi connectivity index (χ1n) is 9.21. The molecule has 0 fully saturated rings. The number of nitrogens with zero attached hydrogens (tertiary/aromatic N) is 2. The second-order valence-corrected chi connectivity index (χ2v) is 6.46. The van der Waals surface area contributed by atoms with E-state index in [4.69, 9.17) is 4.74 Å². The summed E-state index contributed by atoms with van der Waals surface area (Å²) in [6.45, 7) is 6.01. The summed E-state index contributed by atoms with van der Waals surface area (Å²) in [5.41, 5.74) is 3.91. The third-order valence-corrected chi connectivity index (χ3v) is 4.33. The highest BCUT2D eigenvalue weighted by atomic mass is 16.5. The van der Waals surface area contributed by atoms with Crippen molar-refractivity contribution in [3.63, 3.8) is 0 Å². The first-order chi connectivity index (χ1) is 13.5. The topological polar surface area (TPSA) is 73.2 Å². The fourth-order valence-corrected chi connectivity index (χ4v) is 2.95. The Kier molecular flexibility index (Phi) is 5.89. The molecule has 0 saturated heterocycles. The van der Waals surface area contributed by atoms with Gasteiger partial charge in [0.1, 0.15) is 0 Å². The summed E-state index contributed by atoms with van der Waals surface area (Å²) in [4.78, 5) is 24.7. The van der Waals surface area contributed by atoms with Crippen molar-refractivity contribution in [1.29, 1.82) is 0 Å². The average Bonchev–Trinajstić information content (AvgIpc) is 3.01. The van der Waals surface area contributed by atoms with Crippen LogP contribution in [0.4, 0.5) is 5.69 Å². The lowest BCUT2D eigenvalue weighted by molar-refractivity contribution is 0.0505. The molecule has 0 aliphatic carbocycles.